The van der Waals surface area contributed by atoms with Crippen LogP contribution in [0.15, 0.2) is 36.5 Å². The molecular formula is C15H15N3O3. The van der Waals surface area contributed by atoms with Crippen molar-refractivity contribution in [3.05, 3.63) is 57.9 Å². The van der Waals surface area contributed by atoms with E-state index in [1.165, 1.54) is 12.3 Å². The summed E-state index contributed by atoms with van der Waals surface area (Å²) in [6, 6.07) is 9.13. The molecule has 1 N–H and O–H groups in total. The molecule has 0 aliphatic carbocycles. The highest BCUT2D eigenvalue weighted by Gasteiger charge is 2.30. The Labute approximate surface area is 121 Å². The Balaban J connectivity index is 1.98. The minimum atomic E-state index is -0.513. The molecule has 0 bridgehead atoms. The highest BCUT2D eigenvalue weighted by molar-refractivity contribution is 6.06. The van der Waals surface area contributed by atoms with Crippen LogP contribution >= 0.6 is 0 Å². The fraction of sp³-hybridized carbons (Fsp3) is 0.267. The van der Waals surface area contributed by atoms with Crippen molar-refractivity contribution in [1.82, 2.24) is 4.98 Å². The van der Waals surface area contributed by atoms with E-state index in [1.54, 1.807) is 4.90 Å². The lowest BCUT2D eigenvalue weighted by Crippen LogP contribution is -2.42. The van der Waals surface area contributed by atoms with E-state index in [1.807, 2.05) is 31.2 Å². The van der Waals surface area contributed by atoms with Crippen LogP contribution in [0.25, 0.3) is 0 Å². The Morgan fingerprint density at radius 3 is 2.90 bits per heavy atom. The second-order valence-electron chi connectivity index (χ2n) is 5.22. The number of para-hydroxylation sites is 1. The summed E-state index contributed by atoms with van der Waals surface area (Å²) in [4.78, 5) is 27.3. The summed E-state index contributed by atoms with van der Waals surface area (Å²) in [5.74, 6) is -0.234. The minimum absolute atomic E-state index is 0.0646. The lowest BCUT2D eigenvalue weighted by molar-refractivity contribution is -0.384. The molecule has 1 aliphatic heterocycles. The Bertz CT molecular complexity index is 708. The van der Waals surface area contributed by atoms with E-state index in [0.29, 0.717) is 0 Å². The number of amides is 1. The van der Waals surface area contributed by atoms with Gasteiger partial charge < -0.3 is 9.88 Å². The molecule has 0 saturated carbocycles. The van der Waals surface area contributed by atoms with E-state index in [0.717, 1.165) is 24.1 Å². The van der Waals surface area contributed by atoms with Gasteiger partial charge in [0.05, 0.1) is 11.1 Å². The number of hydrogen-bond acceptors (Lipinski definition) is 3. The molecule has 1 aliphatic rings. The van der Waals surface area contributed by atoms with E-state index in [4.69, 9.17) is 0 Å². The number of nitro groups is 1. The molecule has 0 radical (unpaired) electrons. The molecule has 1 aromatic heterocycles. The van der Waals surface area contributed by atoms with Crippen LogP contribution in [0, 0.1) is 10.1 Å². The van der Waals surface area contributed by atoms with Crippen LogP contribution in [-0.4, -0.2) is 21.9 Å². The van der Waals surface area contributed by atoms with Crippen molar-refractivity contribution in [2.45, 2.75) is 25.8 Å². The molecule has 1 amide bonds. The van der Waals surface area contributed by atoms with Crippen LogP contribution in [0.1, 0.15) is 29.4 Å². The fourth-order valence-corrected chi connectivity index (χ4v) is 2.74. The number of rotatable bonds is 2. The Kier molecular flexibility index (Phi) is 3.21. The lowest BCUT2D eigenvalue weighted by atomic mass is 9.96. The molecule has 2 aromatic rings. The molecule has 6 heteroatoms. The average molecular weight is 285 g/mol. The van der Waals surface area contributed by atoms with Gasteiger partial charge in [-0.3, -0.25) is 14.9 Å². The fourth-order valence-electron chi connectivity index (χ4n) is 2.74. The number of carbonyl (C=O) groups excluding carboxylic acids is 1. The van der Waals surface area contributed by atoms with Gasteiger partial charge in [-0.2, -0.15) is 0 Å². The van der Waals surface area contributed by atoms with Gasteiger partial charge in [-0.25, -0.2) is 0 Å². The third-order valence-electron chi connectivity index (χ3n) is 3.85. The molecule has 0 spiro atoms. The van der Waals surface area contributed by atoms with Crippen LogP contribution in [0.4, 0.5) is 11.4 Å². The summed E-state index contributed by atoms with van der Waals surface area (Å²) < 4.78 is 0. The topological polar surface area (TPSA) is 79.2 Å². The van der Waals surface area contributed by atoms with Crippen molar-refractivity contribution in [2.75, 3.05) is 4.90 Å². The second kappa shape index (κ2) is 5.05. The summed E-state index contributed by atoms with van der Waals surface area (Å²) in [6.45, 7) is 1.99. The summed E-state index contributed by atoms with van der Waals surface area (Å²) in [5.41, 5.74) is 2.16. The standard InChI is InChI=1S/C15H15N3O3/c1-10-6-7-11-4-2-3-5-14(11)17(10)15(19)13-8-12(9-16-13)18(20)21/h2-5,8-10,16H,6-7H2,1H3/t10-/m1/s1. The number of nitrogens with one attached hydrogen (secondary N) is 1. The van der Waals surface area contributed by atoms with Crippen molar-refractivity contribution in [1.29, 1.82) is 0 Å². The third kappa shape index (κ3) is 2.29. The quantitative estimate of drug-likeness (QED) is 0.680. The Morgan fingerprint density at radius 1 is 1.43 bits per heavy atom. The molecule has 108 valence electrons. The molecule has 0 saturated heterocycles. The van der Waals surface area contributed by atoms with Gasteiger partial charge in [-0.1, -0.05) is 18.2 Å². The molecule has 6 nitrogen and oxygen atoms in total. The zero-order valence-electron chi connectivity index (χ0n) is 11.6. The monoisotopic (exact) mass is 285 g/mol. The van der Waals surface area contributed by atoms with Gasteiger partial charge in [-0.05, 0) is 31.4 Å². The summed E-state index contributed by atoms with van der Waals surface area (Å²) >= 11 is 0. The predicted molar refractivity (Wildman–Crippen MR) is 78.5 cm³/mol. The van der Waals surface area contributed by atoms with Gasteiger partial charge in [0.2, 0.25) is 0 Å². The van der Waals surface area contributed by atoms with Crippen molar-refractivity contribution in [3.8, 4) is 0 Å². The number of aromatic amines is 1. The third-order valence-corrected chi connectivity index (χ3v) is 3.85. The number of fused-ring (bicyclic) bond motifs is 1. The number of aromatic nitrogens is 1. The highest BCUT2D eigenvalue weighted by atomic mass is 16.6. The van der Waals surface area contributed by atoms with Gasteiger partial charge >= 0.3 is 0 Å². The molecule has 1 atom stereocenters. The minimum Gasteiger partial charge on any atom is -0.351 e. The van der Waals surface area contributed by atoms with Crippen LogP contribution in [0.5, 0.6) is 0 Å². The summed E-state index contributed by atoms with van der Waals surface area (Å²) in [6.07, 6.45) is 3.06. The maximum Gasteiger partial charge on any atom is 0.287 e. The van der Waals surface area contributed by atoms with E-state index < -0.39 is 4.92 Å². The first-order valence-corrected chi connectivity index (χ1v) is 6.82. The van der Waals surface area contributed by atoms with E-state index in [2.05, 4.69) is 4.98 Å². The molecule has 21 heavy (non-hydrogen) atoms. The van der Waals surface area contributed by atoms with Crippen molar-refractivity contribution >= 4 is 17.3 Å². The van der Waals surface area contributed by atoms with Gasteiger partial charge in [0.15, 0.2) is 0 Å². The van der Waals surface area contributed by atoms with E-state index in [-0.39, 0.29) is 23.3 Å². The first-order chi connectivity index (χ1) is 10.1. The molecular weight excluding hydrogens is 270 g/mol. The number of carbonyl (C=O) groups is 1. The Hall–Kier alpha value is -2.63. The maximum atomic E-state index is 12.7. The van der Waals surface area contributed by atoms with Crippen LogP contribution < -0.4 is 4.90 Å². The van der Waals surface area contributed by atoms with E-state index >= 15 is 0 Å². The van der Waals surface area contributed by atoms with Crippen molar-refractivity contribution < 1.29 is 9.72 Å². The van der Waals surface area contributed by atoms with E-state index in [9.17, 15) is 14.9 Å². The summed E-state index contributed by atoms with van der Waals surface area (Å²) in [7, 11) is 0. The molecule has 1 aromatic carbocycles. The van der Waals surface area contributed by atoms with Gasteiger partial charge in [-0.15, -0.1) is 0 Å². The van der Waals surface area contributed by atoms with Crippen LogP contribution in [0.3, 0.4) is 0 Å². The zero-order chi connectivity index (χ0) is 15.0. The molecule has 0 unspecified atom stereocenters. The normalized spacial score (nSPS) is 17.4. The predicted octanol–water partition coefficient (Wildman–Crippen LogP) is 2.90. The average Bonchev–Trinajstić information content (AvgIpc) is 2.96. The van der Waals surface area contributed by atoms with Crippen molar-refractivity contribution in [2.24, 2.45) is 0 Å². The number of aryl methyl sites for hydroxylation is 1. The SMILES string of the molecule is C[C@@H]1CCc2ccccc2N1C(=O)c1cc([N+](=O)[O-])c[nH]1. The number of nitrogens with zero attached hydrogens (tertiary/aromatic N) is 2. The maximum absolute atomic E-state index is 12.7. The zero-order valence-corrected chi connectivity index (χ0v) is 11.6. The highest BCUT2D eigenvalue weighted by Crippen LogP contribution is 2.31. The number of benzene rings is 1. The molecule has 0 fully saturated rings. The Morgan fingerprint density at radius 2 is 2.19 bits per heavy atom. The first-order valence-electron chi connectivity index (χ1n) is 6.82. The van der Waals surface area contributed by atoms with Gasteiger partial charge in [0.25, 0.3) is 11.6 Å². The van der Waals surface area contributed by atoms with Gasteiger partial charge in [0, 0.05) is 17.8 Å². The number of H-pyrrole nitrogens is 1. The number of anilines is 1. The first kappa shape index (κ1) is 13.4. The second-order valence-corrected chi connectivity index (χ2v) is 5.22. The largest absolute Gasteiger partial charge is 0.351 e. The van der Waals surface area contributed by atoms with Gasteiger partial charge in [0.1, 0.15) is 5.69 Å². The van der Waals surface area contributed by atoms with Crippen molar-refractivity contribution in [3.63, 3.8) is 0 Å². The molecule has 2 heterocycles. The number of hydrogen-bond donors (Lipinski definition) is 1. The lowest BCUT2D eigenvalue weighted by Gasteiger charge is -2.35. The van der Waals surface area contributed by atoms with Crippen LogP contribution in [-0.2, 0) is 6.42 Å². The van der Waals surface area contributed by atoms with Crippen LogP contribution in [0.2, 0.25) is 0 Å². The molecule has 3 rings (SSSR count). The summed E-state index contributed by atoms with van der Waals surface area (Å²) in [5, 5.41) is 10.7. The smallest absolute Gasteiger partial charge is 0.287 e.